The maximum Gasteiger partial charge on any atom is 0.255 e. The highest BCUT2D eigenvalue weighted by molar-refractivity contribution is 7.91. The summed E-state index contributed by atoms with van der Waals surface area (Å²) in [5, 5.41) is 2.73. The Balaban J connectivity index is 1.57. The summed E-state index contributed by atoms with van der Waals surface area (Å²) < 4.78 is 34.7. The summed E-state index contributed by atoms with van der Waals surface area (Å²) in [6.45, 7) is 0.516. The van der Waals surface area contributed by atoms with E-state index in [1.54, 1.807) is 12.1 Å². The second-order valence-corrected chi connectivity index (χ2v) is 8.56. The fraction of sp³-hybridized carbons (Fsp3) is 0.182. The van der Waals surface area contributed by atoms with Crippen LogP contribution in [0.5, 0.6) is 5.88 Å². The van der Waals surface area contributed by atoms with Gasteiger partial charge < -0.3 is 14.8 Å². The number of benzene rings is 2. The third kappa shape index (κ3) is 5.88. The van der Waals surface area contributed by atoms with Gasteiger partial charge >= 0.3 is 0 Å². The number of sulfone groups is 1. The summed E-state index contributed by atoms with van der Waals surface area (Å²) in [6, 6.07) is 18.9. The van der Waals surface area contributed by atoms with E-state index in [9.17, 15) is 13.2 Å². The van der Waals surface area contributed by atoms with Crippen molar-refractivity contribution in [1.29, 1.82) is 0 Å². The van der Waals surface area contributed by atoms with Gasteiger partial charge in [0.1, 0.15) is 6.61 Å². The molecule has 0 spiro atoms. The van der Waals surface area contributed by atoms with Crippen LogP contribution in [-0.4, -0.2) is 38.8 Å². The Labute approximate surface area is 175 Å². The molecule has 1 aromatic heterocycles. The fourth-order valence-corrected chi connectivity index (χ4v) is 3.77. The zero-order valence-corrected chi connectivity index (χ0v) is 17.3. The number of amides is 1. The van der Waals surface area contributed by atoms with Gasteiger partial charge in [-0.05, 0) is 35.9 Å². The molecule has 2 aromatic carbocycles. The molecule has 1 N–H and O–H groups in total. The molecule has 0 fully saturated rings. The van der Waals surface area contributed by atoms with Crippen molar-refractivity contribution in [2.75, 3.05) is 24.8 Å². The predicted molar refractivity (Wildman–Crippen MR) is 113 cm³/mol. The summed E-state index contributed by atoms with van der Waals surface area (Å²) in [5.41, 5.74) is 1.87. The number of carbonyl (C=O) groups is 1. The SMILES string of the molecule is COCCS(=O)(=O)c1ccc(C(=O)Nc2ccc(OCc3ccccc3)nc2)cc1. The van der Waals surface area contributed by atoms with Crippen LogP contribution in [0.1, 0.15) is 15.9 Å². The topological polar surface area (TPSA) is 94.6 Å². The minimum absolute atomic E-state index is 0.112. The van der Waals surface area contributed by atoms with Crippen LogP contribution in [0.15, 0.2) is 77.8 Å². The highest BCUT2D eigenvalue weighted by Crippen LogP contribution is 2.16. The van der Waals surface area contributed by atoms with Gasteiger partial charge in [-0.1, -0.05) is 30.3 Å². The van der Waals surface area contributed by atoms with Crippen molar-refractivity contribution in [1.82, 2.24) is 4.98 Å². The molecule has 0 atom stereocenters. The smallest absolute Gasteiger partial charge is 0.255 e. The van der Waals surface area contributed by atoms with Gasteiger partial charge in [-0.2, -0.15) is 0 Å². The van der Waals surface area contributed by atoms with E-state index < -0.39 is 9.84 Å². The minimum atomic E-state index is -3.43. The molecule has 30 heavy (non-hydrogen) atoms. The molecule has 0 aliphatic carbocycles. The number of carbonyl (C=O) groups excluding carboxylic acids is 1. The second-order valence-electron chi connectivity index (χ2n) is 6.45. The average Bonchev–Trinajstić information content (AvgIpc) is 2.78. The van der Waals surface area contributed by atoms with Crippen molar-refractivity contribution >= 4 is 21.4 Å². The first-order valence-corrected chi connectivity index (χ1v) is 10.9. The van der Waals surface area contributed by atoms with Crippen LogP contribution in [0.2, 0.25) is 0 Å². The molecule has 0 bridgehead atoms. The molecule has 0 aliphatic rings. The molecule has 8 heteroatoms. The van der Waals surface area contributed by atoms with E-state index in [2.05, 4.69) is 10.3 Å². The van der Waals surface area contributed by atoms with Crippen molar-refractivity contribution in [2.24, 2.45) is 0 Å². The Bertz CT molecular complexity index is 1070. The number of hydrogen-bond donors (Lipinski definition) is 1. The molecule has 0 saturated carbocycles. The Morgan fingerprint density at radius 3 is 2.37 bits per heavy atom. The molecule has 7 nitrogen and oxygen atoms in total. The molecule has 0 aliphatic heterocycles. The van der Waals surface area contributed by atoms with Crippen molar-refractivity contribution in [3.05, 3.63) is 84.1 Å². The standard InChI is InChI=1S/C22H22N2O5S/c1-28-13-14-30(26,27)20-10-7-18(8-11-20)22(25)24-19-9-12-21(23-15-19)29-16-17-5-3-2-4-6-17/h2-12,15H,13-14,16H2,1H3,(H,24,25). The third-order valence-electron chi connectivity index (χ3n) is 4.26. The number of aromatic nitrogens is 1. The van der Waals surface area contributed by atoms with Gasteiger partial charge in [0, 0.05) is 18.7 Å². The van der Waals surface area contributed by atoms with Gasteiger partial charge in [-0.3, -0.25) is 4.79 Å². The van der Waals surface area contributed by atoms with Crippen LogP contribution in [-0.2, 0) is 21.2 Å². The van der Waals surface area contributed by atoms with Gasteiger partial charge in [0.15, 0.2) is 9.84 Å². The van der Waals surface area contributed by atoms with Crippen LogP contribution >= 0.6 is 0 Å². The van der Waals surface area contributed by atoms with E-state index >= 15 is 0 Å². The third-order valence-corrected chi connectivity index (χ3v) is 5.95. The maximum absolute atomic E-state index is 12.4. The Morgan fingerprint density at radius 2 is 1.73 bits per heavy atom. The first-order chi connectivity index (χ1) is 14.5. The van der Waals surface area contributed by atoms with Crippen LogP contribution in [0.4, 0.5) is 5.69 Å². The van der Waals surface area contributed by atoms with Gasteiger partial charge in [-0.15, -0.1) is 0 Å². The van der Waals surface area contributed by atoms with Crippen molar-refractivity contribution in [3.8, 4) is 5.88 Å². The molecule has 156 valence electrons. The molecule has 1 amide bonds. The Morgan fingerprint density at radius 1 is 1.00 bits per heavy atom. The van der Waals surface area contributed by atoms with Gasteiger partial charge in [0.2, 0.25) is 5.88 Å². The second kappa shape index (κ2) is 10.00. The van der Waals surface area contributed by atoms with Gasteiger partial charge in [0.05, 0.1) is 29.1 Å². The van der Waals surface area contributed by atoms with E-state index in [1.165, 1.54) is 37.6 Å². The predicted octanol–water partition coefficient (Wildman–Crippen LogP) is 3.33. The van der Waals surface area contributed by atoms with Crippen LogP contribution < -0.4 is 10.1 Å². The first kappa shape index (κ1) is 21.5. The zero-order valence-electron chi connectivity index (χ0n) is 16.4. The van der Waals surface area contributed by atoms with Crippen LogP contribution in [0, 0.1) is 0 Å². The lowest BCUT2D eigenvalue weighted by Gasteiger charge is -2.08. The van der Waals surface area contributed by atoms with E-state index in [1.807, 2.05) is 30.3 Å². The lowest BCUT2D eigenvalue weighted by atomic mass is 10.2. The molecule has 1 heterocycles. The fourth-order valence-electron chi connectivity index (χ4n) is 2.60. The highest BCUT2D eigenvalue weighted by Gasteiger charge is 2.15. The number of anilines is 1. The molecule has 0 saturated heterocycles. The lowest BCUT2D eigenvalue weighted by Crippen LogP contribution is -2.14. The van der Waals surface area contributed by atoms with E-state index in [4.69, 9.17) is 9.47 Å². The van der Waals surface area contributed by atoms with E-state index in [0.717, 1.165) is 5.56 Å². The maximum atomic E-state index is 12.4. The average molecular weight is 426 g/mol. The molecule has 3 rings (SSSR count). The first-order valence-electron chi connectivity index (χ1n) is 9.24. The Kier molecular flexibility index (Phi) is 7.16. The largest absolute Gasteiger partial charge is 0.473 e. The van der Waals surface area contributed by atoms with Crippen molar-refractivity contribution in [2.45, 2.75) is 11.5 Å². The number of ether oxygens (including phenoxy) is 2. The number of methoxy groups -OCH3 is 1. The minimum Gasteiger partial charge on any atom is -0.473 e. The molecular weight excluding hydrogens is 404 g/mol. The summed E-state index contributed by atoms with van der Waals surface area (Å²) >= 11 is 0. The quantitative estimate of drug-likeness (QED) is 0.564. The van der Waals surface area contributed by atoms with Crippen LogP contribution in [0.3, 0.4) is 0 Å². The number of nitrogens with zero attached hydrogens (tertiary/aromatic N) is 1. The molecule has 3 aromatic rings. The summed E-state index contributed by atoms with van der Waals surface area (Å²) in [4.78, 5) is 16.7. The van der Waals surface area contributed by atoms with Crippen molar-refractivity contribution in [3.63, 3.8) is 0 Å². The number of nitrogens with one attached hydrogen (secondary N) is 1. The van der Waals surface area contributed by atoms with E-state index in [-0.39, 0.29) is 23.2 Å². The highest BCUT2D eigenvalue weighted by atomic mass is 32.2. The van der Waals surface area contributed by atoms with Gasteiger partial charge in [-0.25, -0.2) is 13.4 Å². The summed E-state index contributed by atoms with van der Waals surface area (Å²) in [6.07, 6.45) is 1.50. The number of pyridine rings is 1. The van der Waals surface area contributed by atoms with Gasteiger partial charge in [0.25, 0.3) is 5.91 Å². The van der Waals surface area contributed by atoms with E-state index in [0.29, 0.717) is 23.7 Å². The normalized spacial score (nSPS) is 11.1. The Hall–Kier alpha value is -3.23. The number of rotatable bonds is 9. The lowest BCUT2D eigenvalue weighted by molar-refractivity contribution is 0.102. The molecule has 0 unspecified atom stereocenters. The zero-order chi connectivity index (χ0) is 21.4. The molecule has 0 radical (unpaired) electrons. The monoisotopic (exact) mass is 426 g/mol. The number of hydrogen-bond acceptors (Lipinski definition) is 6. The van der Waals surface area contributed by atoms with Crippen molar-refractivity contribution < 1.29 is 22.7 Å². The molecular formula is C22H22N2O5S. The van der Waals surface area contributed by atoms with Crippen LogP contribution in [0.25, 0.3) is 0 Å². The summed E-state index contributed by atoms with van der Waals surface area (Å²) in [5.74, 6) is -0.0302. The summed E-state index contributed by atoms with van der Waals surface area (Å²) in [7, 11) is -1.99.